The van der Waals surface area contributed by atoms with Crippen LogP contribution in [0.15, 0.2) is 6.20 Å². The van der Waals surface area contributed by atoms with Crippen molar-refractivity contribution in [3.63, 3.8) is 0 Å². The quantitative estimate of drug-likeness (QED) is 0.766. The Hall–Kier alpha value is -1.04. The van der Waals surface area contributed by atoms with Crippen LogP contribution in [0.2, 0.25) is 0 Å². The molecule has 0 saturated carbocycles. The molecule has 0 N–H and O–H groups in total. The fraction of sp³-hybridized carbons (Fsp3) is 0.692. The molecule has 20 heavy (non-hydrogen) atoms. The average molecular weight is 310 g/mol. The molecule has 0 amide bonds. The Labute approximate surface area is 122 Å². The molecule has 1 aromatic rings. The Morgan fingerprint density at radius 1 is 1.25 bits per heavy atom. The van der Waals surface area contributed by atoms with Gasteiger partial charge in [0, 0.05) is 12.0 Å². The second kappa shape index (κ2) is 6.61. The molecule has 0 aliphatic carbocycles. The molecule has 0 radical (unpaired) electrons. The summed E-state index contributed by atoms with van der Waals surface area (Å²) in [6, 6.07) is -0.327. The van der Waals surface area contributed by atoms with Gasteiger partial charge in [-0.05, 0) is 13.8 Å². The van der Waals surface area contributed by atoms with Crippen LogP contribution < -0.4 is 4.90 Å². The summed E-state index contributed by atoms with van der Waals surface area (Å²) in [5.41, 5.74) is 0.778. The summed E-state index contributed by atoms with van der Waals surface area (Å²) in [5.74, 6) is 0.736. The predicted molar refractivity (Wildman–Crippen MR) is 74.2 cm³/mol. The Morgan fingerprint density at radius 2 is 1.85 bits per heavy atom. The number of anilines is 1. The third kappa shape index (κ3) is 4.51. The van der Waals surface area contributed by atoms with Gasteiger partial charge in [0.05, 0.1) is 23.5 Å². The number of alkyl halides is 4. The van der Waals surface area contributed by atoms with Crippen LogP contribution in [0.25, 0.3) is 0 Å². The molecule has 114 valence electrons. The molecule has 0 aliphatic heterocycles. The van der Waals surface area contributed by atoms with Crippen molar-refractivity contribution in [3.05, 3.63) is 17.7 Å². The van der Waals surface area contributed by atoms with Crippen LogP contribution >= 0.6 is 11.6 Å². The lowest BCUT2D eigenvalue weighted by Gasteiger charge is -2.30. The van der Waals surface area contributed by atoms with Gasteiger partial charge in [0.2, 0.25) is 0 Å². The minimum Gasteiger partial charge on any atom is -0.357 e. The molecule has 0 unspecified atom stereocenters. The number of hydrogen-bond acceptors (Lipinski definition) is 3. The van der Waals surface area contributed by atoms with E-state index in [1.165, 1.54) is 11.1 Å². The number of halogens is 4. The Morgan fingerprint density at radius 3 is 2.25 bits per heavy atom. The van der Waals surface area contributed by atoms with E-state index in [9.17, 15) is 13.2 Å². The first-order valence-corrected chi connectivity index (χ1v) is 6.94. The first-order valence-electron chi connectivity index (χ1n) is 6.41. The summed E-state index contributed by atoms with van der Waals surface area (Å²) in [5, 5.41) is 0. The first-order chi connectivity index (χ1) is 9.15. The molecule has 0 bridgehead atoms. The zero-order valence-corrected chi connectivity index (χ0v) is 12.8. The lowest BCUT2D eigenvalue weighted by Crippen LogP contribution is -2.40. The molecule has 0 aromatic carbocycles. The van der Waals surface area contributed by atoms with Gasteiger partial charge in [-0.15, -0.1) is 11.6 Å². The van der Waals surface area contributed by atoms with Crippen LogP contribution in [-0.4, -0.2) is 28.7 Å². The van der Waals surface area contributed by atoms with Gasteiger partial charge in [-0.2, -0.15) is 13.2 Å². The van der Waals surface area contributed by atoms with E-state index in [0.717, 1.165) is 0 Å². The van der Waals surface area contributed by atoms with Gasteiger partial charge >= 0.3 is 6.18 Å². The Bertz CT molecular complexity index is 447. The largest absolute Gasteiger partial charge is 0.405 e. The van der Waals surface area contributed by atoms with Gasteiger partial charge in [0.25, 0.3) is 0 Å². The smallest absolute Gasteiger partial charge is 0.357 e. The van der Waals surface area contributed by atoms with Crippen molar-refractivity contribution in [2.45, 2.75) is 51.7 Å². The lowest BCUT2D eigenvalue weighted by atomic mass is 10.2. The van der Waals surface area contributed by atoms with Gasteiger partial charge in [0.15, 0.2) is 0 Å². The van der Waals surface area contributed by atoms with E-state index >= 15 is 0 Å². The minimum atomic E-state index is -4.29. The van der Waals surface area contributed by atoms with Gasteiger partial charge < -0.3 is 4.90 Å². The summed E-state index contributed by atoms with van der Waals surface area (Å²) in [6.07, 6.45) is -2.85. The molecule has 0 aliphatic rings. The third-order valence-electron chi connectivity index (χ3n) is 2.79. The van der Waals surface area contributed by atoms with Crippen LogP contribution in [0, 0.1) is 0 Å². The summed E-state index contributed by atoms with van der Waals surface area (Å²) < 4.78 is 38.0. The minimum absolute atomic E-state index is 0.0542. The number of rotatable bonds is 5. The lowest BCUT2D eigenvalue weighted by molar-refractivity contribution is -0.120. The molecule has 0 atom stereocenters. The molecule has 3 nitrogen and oxygen atoms in total. The van der Waals surface area contributed by atoms with E-state index in [4.69, 9.17) is 11.6 Å². The number of hydrogen-bond donors (Lipinski definition) is 0. The van der Waals surface area contributed by atoms with Crippen molar-refractivity contribution in [2.75, 3.05) is 11.4 Å². The Kier molecular flexibility index (Phi) is 5.62. The van der Waals surface area contributed by atoms with Gasteiger partial charge in [-0.1, -0.05) is 13.8 Å². The highest BCUT2D eigenvalue weighted by atomic mass is 35.5. The molecule has 0 spiro atoms. The van der Waals surface area contributed by atoms with Crippen molar-refractivity contribution in [1.82, 2.24) is 9.97 Å². The summed E-state index contributed by atoms with van der Waals surface area (Å²) in [4.78, 5) is 9.64. The third-order valence-corrected chi connectivity index (χ3v) is 3.04. The SMILES string of the molecule is CC(C)c1ncc(N(CC(F)(F)F)C(C)C)c(CCl)n1. The molecular weight excluding hydrogens is 291 g/mol. The zero-order valence-electron chi connectivity index (χ0n) is 12.0. The predicted octanol–water partition coefficient (Wildman–Crippen LogP) is 4.12. The highest BCUT2D eigenvalue weighted by molar-refractivity contribution is 6.17. The first kappa shape index (κ1) is 17.0. The molecule has 1 heterocycles. The highest BCUT2D eigenvalue weighted by Crippen LogP contribution is 2.27. The van der Waals surface area contributed by atoms with Gasteiger partial charge in [-0.25, -0.2) is 9.97 Å². The van der Waals surface area contributed by atoms with E-state index in [2.05, 4.69) is 9.97 Å². The summed E-state index contributed by atoms with van der Waals surface area (Å²) >= 11 is 5.83. The van der Waals surface area contributed by atoms with Gasteiger partial charge in [-0.3, -0.25) is 0 Å². The maximum Gasteiger partial charge on any atom is 0.405 e. The zero-order chi connectivity index (χ0) is 15.5. The van der Waals surface area contributed by atoms with E-state index in [-0.39, 0.29) is 17.8 Å². The van der Waals surface area contributed by atoms with Crippen molar-refractivity contribution in [3.8, 4) is 0 Å². The topological polar surface area (TPSA) is 29.0 Å². The molecule has 1 aromatic heterocycles. The molecule has 1 rings (SSSR count). The fourth-order valence-electron chi connectivity index (χ4n) is 1.78. The normalized spacial score (nSPS) is 12.3. The summed E-state index contributed by atoms with van der Waals surface area (Å²) in [7, 11) is 0. The second-order valence-corrected chi connectivity index (χ2v) is 5.45. The van der Waals surface area contributed by atoms with E-state index in [1.807, 2.05) is 13.8 Å². The Balaban J connectivity index is 3.19. The van der Waals surface area contributed by atoms with Crippen LogP contribution in [0.3, 0.4) is 0 Å². The van der Waals surface area contributed by atoms with Crippen LogP contribution in [0.1, 0.15) is 45.1 Å². The number of aromatic nitrogens is 2. The van der Waals surface area contributed by atoms with Crippen molar-refractivity contribution in [1.29, 1.82) is 0 Å². The van der Waals surface area contributed by atoms with E-state index < -0.39 is 12.7 Å². The van der Waals surface area contributed by atoms with E-state index in [0.29, 0.717) is 17.2 Å². The molecular formula is C13H19ClF3N3. The fourth-order valence-corrected chi connectivity index (χ4v) is 1.98. The highest BCUT2D eigenvalue weighted by Gasteiger charge is 2.33. The summed E-state index contributed by atoms with van der Waals surface area (Å²) in [6.45, 7) is 6.19. The monoisotopic (exact) mass is 309 g/mol. The van der Waals surface area contributed by atoms with Crippen LogP contribution in [0.5, 0.6) is 0 Å². The standard InChI is InChI=1S/C13H19ClF3N3/c1-8(2)12-18-6-11(10(5-14)19-12)20(9(3)4)7-13(15,16)17/h6,8-9H,5,7H2,1-4H3. The number of nitrogens with zero attached hydrogens (tertiary/aromatic N) is 3. The van der Waals surface area contributed by atoms with E-state index in [1.54, 1.807) is 13.8 Å². The maximum atomic E-state index is 12.7. The van der Waals surface area contributed by atoms with Crippen LogP contribution in [0.4, 0.5) is 18.9 Å². The molecule has 0 saturated heterocycles. The van der Waals surface area contributed by atoms with Crippen molar-refractivity contribution in [2.24, 2.45) is 0 Å². The van der Waals surface area contributed by atoms with Crippen molar-refractivity contribution >= 4 is 17.3 Å². The van der Waals surface area contributed by atoms with Crippen LogP contribution in [-0.2, 0) is 5.88 Å². The maximum absolute atomic E-state index is 12.7. The molecule has 0 fully saturated rings. The second-order valence-electron chi connectivity index (χ2n) is 5.19. The van der Waals surface area contributed by atoms with Crippen molar-refractivity contribution < 1.29 is 13.2 Å². The molecule has 7 heteroatoms. The average Bonchev–Trinajstić information content (AvgIpc) is 2.33. The van der Waals surface area contributed by atoms with Gasteiger partial charge in [0.1, 0.15) is 12.4 Å².